The lowest BCUT2D eigenvalue weighted by Gasteiger charge is -2.12. The molecule has 0 aliphatic rings. The molecule has 0 saturated heterocycles. The molecule has 28 heavy (non-hydrogen) atoms. The Morgan fingerprint density at radius 1 is 0.964 bits per heavy atom. The molecule has 1 N–H and O–H groups in total. The predicted octanol–water partition coefficient (Wildman–Crippen LogP) is 5.26. The third-order valence-corrected chi connectivity index (χ3v) is 4.78. The molecule has 0 radical (unpaired) electrons. The third-order valence-electron chi connectivity index (χ3n) is 3.78. The van der Waals surface area contributed by atoms with Crippen molar-refractivity contribution in [1.29, 1.82) is 0 Å². The number of benzene rings is 3. The molecular weight excluding hydrogens is 376 g/mol. The summed E-state index contributed by atoms with van der Waals surface area (Å²) in [6, 6.07) is 23.0. The van der Waals surface area contributed by atoms with Crippen LogP contribution in [0.15, 0.2) is 78.9 Å². The molecular formula is C21H18N2O4S. The molecule has 7 heteroatoms. The molecule has 142 valence electrons. The molecule has 3 aromatic carbocycles. The van der Waals surface area contributed by atoms with Gasteiger partial charge in [0.25, 0.3) is 5.69 Å². The Balaban J connectivity index is 1.53. The van der Waals surface area contributed by atoms with E-state index in [9.17, 15) is 14.9 Å². The van der Waals surface area contributed by atoms with Gasteiger partial charge in [0.1, 0.15) is 5.75 Å². The number of carbonyl (C=O) groups is 1. The summed E-state index contributed by atoms with van der Waals surface area (Å²) in [6.45, 7) is 0. The van der Waals surface area contributed by atoms with Crippen molar-refractivity contribution in [3.05, 3.63) is 94.5 Å². The highest BCUT2D eigenvalue weighted by Gasteiger charge is 2.09. The molecule has 0 unspecified atom stereocenters. The van der Waals surface area contributed by atoms with Gasteiger partial charge in [-0.3, -0.25) is 14.9 Å². The number of rotatable bonds is 8. The molecule has 0 aliphatic heterocycles. The minimum absolute atomic E-state index is 0.0570. The normalized spacial score (nSPS) is 10.3. The van der Waals surface area contributed by atoms with Crippen LogP contribution in [0.5, 0.6) is 11.5 Å². The maximum absolute atomic E-state index is 12.3. The molecule has 6 nitrogen and oxygen atoms in total. The van der Waals surface area contributed by atoms with Crippen molar-refractivity contribution in [1.82, 2.24) is 0 Å². The summed E-state index contributed by atoms with van der Waals surface area (Å²) in [5, 5.41) is 13.5. The number of hydrogen-bond acceptors (Lipinski definition) is 5. The lowest BCUT2D eigenvalue weighted by atomic mass is 10.2. The fraction of sp³-hybridized carbons (Fsp3) is 0.0952. The average Bonchev–Trinajstić information content (AvgIpc) is 2.71. The highest BCUT2D eigenvalue weighted by Crippen LogP contribution is 2.29. The van der Waals surface area contributed by atoms with E-state index in [1.807, 2.05) is 42.5 Å². The van der Waals surface area contributed by atoms with Crippen LogP contribution in [0.4, 0.5) is 11.4 Å². The quantitative estimate of drug-likeness (QED) is 0.416. The molecule has 3 rings (SSSR count). The Kier molecular flexibility index (Phi) is 6.64. The number of carbonyl (C=O) groups excluding carboxylic acids is 1. The molecule has 3 aromatic rings. The average molecular weight is 394 g/mol. The van der Waals surface area contributed by atoms with Crippen molar-refractivity contribution in [2.45, 2.75) is 5.75 Å². The van der Waals surface area contributed by atoms with Gasteiger partial charge in [-0.2, -0.15) is 0 Å². The summed E-state index contributed by atoms with van der Waals surface area (Å²) >= 11 is 1.44. The van der Waals surface area contributed by atoms with Gasteiger partial charge in [0, 0.05) is 17.9 Å². The second kappa shape index (κ2) is 9.57. The van der Waals surface area contributed by atoms with Crippen molar-refractivity contribution < 1.29 is 14.5 Å². The summed E-state index contributed by atoms with van der Waals surface area (Å²) in [4.78, 5) is 22.5. The number of non-ortho nitro benzene ring substituents is 1. The maximum atomic E-state index is 12.3. The number of para-hydroxylation sites is 3. The lowest BCUT2D eigenvalue weighted by Crippen LogP contribution is -2.14. The van der Waals surface area contributed by atoms with Crippen molar-refractivity contribution in [2.75, 3.05) is 11.1 Å². The van der Waals surface area contributed by atoms with Gasteiger partial charge in [0.15, 0.2) is 5.75 Å². The van der Waals surface area contributed by atoms with E-state index >= 15 is 0 Å². The van der Waals surface area contributed by atoms with E-state index in [1.54, 1.807) is 24.3 Å². The lowest BCUT2D eigenvalue weighted by molar-refractivity contribution is -0.384. The minimum Gasteiger partial charge on any atom is -0.455 e. The SMILES string of the molecule is O=C(CSCc1ccc([N+](=O)[O-])cc1)Nc1ccccc1Oc1ccccc1. The highest BCUT2D eigenvalue weighted by molar-refractivity contribution is 7.99. The topological polar surface area (TPSA) is 81.5 Å². The Morgan fingerprint density at radius 3 is 2.36 bits per heavy atom. The molecule has 0 aliphatic carbocycles. The van der Waals surface area contributed by atoms with Crippen LogP contribution in [-0.2, 0) is 10.5 Å². The first kappa shape index (κ1) is 19.4. The number of ether oxygens (including phenoxy) is 1. The minimum atomic E-state index is -0.431. The zero-order valence-corrected chi connectivity index (χ0v) is 15.7. The van der Waals surface area contributed by atoms with Crippen molar-refractivity contribution in [3.63, 3.8) is 0 Å². The standard InChI is InChI=1S/C21H18N2O4S/c24-21(15-28-14-16-10-12-17(13-11-16)23(25)26)22-19-8-4-5-9-20(19)27-18-6-2-1-3-7-18/h1-13H,14-15H2,(H,22,24). The van der Waals surface area contributed by atoms with Gasteiger partial charge in [-0.15, -0.1) is 11.8 Å². The number of nitro benzene ring substituents is 1. The van der Waals surface area contributed by atoms with Crippen LogP contribution in [0.2, 0.25) is 0 Å². The molecule has 0 heterocycles. The summed E-state index contributed by atoms with van der Waals surface area (Å²) in [7, 11) is 0. The number of amides is 1. The first-order valence-corrected chi connectivity index (χ1v) is 9.70. The molecule has 0 atom stereocenters. The van der Waals surface area contributed by atoms with Gasteiger partial charge < -0.3 is 10.1 Å². The number of thioether (sulfide) groups is 1. The number of nitrogens with zero attached hydrogens (tertiary/aromatic N) is 1. The summed E-state index contributed by atoms with van der Waals surface area (Å²) in [6.07, 6.45) is 0. The number of nitrogens with one attached hydrogen (secondary N) is 1. The molecule has 1 amide bonds. The summed E-state index contributed by atoms with van der Waals surface area (Å²) in [5.74, 6) is 1.97. The van der Waals surface area contributed by atoms with Gasteiger partial charge in [-0.05, 0) is 29.8 Å². The first-order chi connectivity index (χ1) is 13.6. The van der Waals surface area contributed by atoms with Gasteiger partial charge in [-0.25, -0.2) is 0 Å². The maximum Gasteiger partial charge on any atom is 0.269 e. The molecule has 0 fully saturated rings. The largest absolute Gasteiger partial charge is 0.455 e. The second-order valence-corrected chi connectivity index (χ2v) is 6.86. The van der Waals surface area contributed by atoms with Crippen molar-refractivity contribution in [2.24, 2.45) is 0 Å². The fourth-order valence-electron chi connectivity index (χ4n) is 2.44. The number of nitro groups is 1. The van der Waals surface area contributed by atoms with E-state index in [-0.39, 0.29) is 17.3 Å². The molecule has 0 bridgehead atoms. The second-order valence-electron chi connectivity index (χ2n) is 5.88. The Morgan fingerprint density at radius 2 is 1.64 bits per heavy atom. The Labute approximate surface area is 166 Å². The van der Waals surface area contributed by atoms with E-state index in [2.05, 4.69) is 5.32 Å². The fourth-order valence-corrected chi connectivity index (χ4v) is 3.22. The van der Waals surface area contributed by atoms with Crippen LogP contribution in [-0.4, -0.2) is 16.6 Å². The zero-order chi connectivity index (χ0) is 19.8. The van der Waals surface area contributed by atoms with Crippen LogP contribution in [0, 0.1) is 10.1 Å². The van der Waals surface area contributed by atoms with Crippen LogP contribution in [0.25, 0.3) is 0 Å². The van der Waals surface area contributed by atoms with E-state index < -0.39 is 4.92 Å². The van der Waals surface area contributed by atoms with Gasteiger partial charge in [0.05, 0.1) is 16.4 Å². The summed E-state index contributed by atoms with van der Waals surface area (Å²) in [5.41, 5.74) is 1.59. The van der Waals surface area contributed by atoms with Gasteiger partial charge in [0.2, 0.25) is 5.91 Å². The van der Waals surface area contributed by atoms with E-state index in [0.29, 0.717) is 22.9 Å². The molecule has 0 saturated carbocycles. The molecule has 0 aromatic heterocycles. The van der Waals surface area contributed by atoms with Crippen LogP contribution >= 0.6 is 11.8 Å². The van der Waals surface area contributed by atoms with E-state index in [4.69, 9.17) is 4.74 Å². The predicted molar refractivity (Wildman–Crippen MR) is 111 cm³/mol. The zero-order valence-electron chi connectivity index (χ0n) is 14.9. The monoisotopic (exact) mass is 394 g/mol. The Hall–Kier alpha value is -3.32. The van der Waals surface area contributed by atoms with Crippen LogP contribution < -0.4 is 10.1 Å². The first-order valence-electron chi connectivity index (χ1n) is 8.54. The van der Waals surface area contributed by atoms with Crippen LogP contribution in [0.3, 0.4) is 0 Å². The van der Waals surface area contributed by atoms with E-state index in [0.717, 1.165) is 5.56 Å². The van der Waals surface area contributed by atoms with Crippen molar-refractivity contribution >= 4 is 29.0 Å². The summed E-state index contributed by atoms with van der Waals surface area (Å²) < 4.78 is 5.84. The third kappa shape index (κ3) is 5.59. The number of hydrogen-bond donors (Lipinski definition) is 1. The highest BCUT2D eigenvalue weighted by atomic mass is 32.2. The van der Waals surface area contributed by atoms with E-state index in [1.165, 1.54) is 23.9 Å². The van der Waals surface area contributed by atoms with Crippen molar-refractivity contribution in [3.8, 4) is 11.5 Å². The smallest absolute Gasteiger partial charge is 0.269 e. The van der Waals surface area contributed by atoms with Gasteiger partial charge >= 0.3 is 0 Å². The van der Waals surface area contributed by atoms with Crippen LogP contribution in [0.1, 0.15) is 5.56 Å². The Bertz CT molecular complexity index is 946. The number of anilines is 1. The van der Waals surface area contributed by atoms with Gasteiger partial charge in [-0.1, -0.05) is 42.5 Å². The molecule has 0 spiro atoms.